The molecule has 1 amide bonds. The Morgan fingerprint density at radius 1 is 1.22 bits per heavy atom. The number of nitrogens with one attached hydrogen (secondary N) is 1. The first-order chi connectivity index (χ1) is 12.7. The second-order valence-electron chi connectivity index (χ2n) is 6.65. The van der Waals surface area contributed by atoms with Gasteiger partial charge in [0.25, 0.3) is 5.56 Å². The summed E-state index contributed by atoms with van der Waals surface area (Å²) in [7, 11) is 1.63. The van der Waals surface area contributed by atoms with Gasteiger partial charge in [0.05, 0.1) is 11.4 Å². The molecule has 0 unspecified atom stereocenters. The van der Waals surface area contributed by atoms with Crippen molar-refractivity contribution in [2.45, 2.75) is 26.8 Å². The lowest BCUT2D eigenvalue weighted by Gasteiger charge is -2.16. The van der Waals surface area contributed by atoms with Gasteiger partial charge in [-0.15, -0.1) is 0 Å². The molecule has 3 rings (SSSR count). The van der Waals surface area contributed by atoms with Gasteiger partial charge in [0.15, 0.2) is 5.43 Å². The molecule has 0 fully saturated rings. The first-order valence-corrected chi connectivity index (χ1v) is 8.43. The Kier molecular flexibility index (Phi) is 4.61. The third kappa shape index (κ3) is 3.36. The molecule has 7 nitrogen and oxygen atoms in total. The van der Waals surface area contributed by atoms with Crippen LogP contribution >= 0.6 is 0 Å². The zero-order valence-electron chi connectivity index (χ0n) is 15.5. The smallest absolute Gasteiger partial charge is 0.405 e. The van der Waals surface area contributed by atoms with E-state index < -0.39 is 12.1 Å². The summed E-state index contributed by atoms with van der Waals surface area (Å²) in [4.78, 5) is 36.0. The third-order valence-electron chi connectivity index (χ3n) is 4.56. The van der Waals surface area contributed by atoms with Crippen LogP contribution in [0.3, 0.4) is 0 Å². The highest BCUT2D eigenvalue weighted by Crippen LogP contribution is 2.30. The van der Waals surface area contributed by atoms with Crippen molar-refractivity contribution in [1.29, 1.82) is 0 Å². The number of rotatable bonds is 3. The number of carbonyl (C=O) groups is 1. The fourth-order valence-corrected chi connectivity index (χ4v) is 3.12. The van der Waals surface area contributed by atoms with E-state index >= 15 is 0 Å². The topological polar surface area (TPSA) is 102 Å². The number of amides is 1. The Morgan fingerprint density at radius 3 is 2.56 bits per heavy atom. The minimum absolute atomic E-state index is 0.209. The van der Waals surface area contributed by atoms with Gasteiger partial charge in [0.1, 0.15) is 11.3 Å². The van der Waals surface area contributed by atoms with Gasteiger partial charge in [-0.2, -0.15) is 0 Å². The maximum absolute atomic E-state index is 12.9. The predicted octanol–water partition coefficient (Wildman–Crippen LogP) is 3.10. The van der Waals surface area contributed by atoms with Crippen LogP contribution in [0.4, 0.5) is 4.79 Å². The van der Waals surface area contributed by atoms with Crippen LogP contribution < -0.4 is 16.3 Å². The highest BCUT2D eigenvalue weighted by molar-refractivity contribution is 5.84. The van der Waals surface area contributed by atoms with E-state index in [1.165, 1.54) is 10.6 Å². The lowest BCUT2D eigenvalue weighted by molar-refractivity contribution is 0.191. The molecule has 27 heavy (non-hydrogen) atoms. The van der Waals surface area contributed by atoms with Crippen LogP contribution in [0.5, 0.6) is 0 Å². The summed E-state index contributed by atoms with van der Waals surface area (Å²) in [6.45, 7) is 5.17. The van der Waals surface area contributed by atoms with Crippen LogP contribution in [0, 0.1) is 13.8 Å². The standard InChI is InChI=1S/C20H20N2O5/c1-10-7-14(12(3)21-20(25)26)19-15(8-10)17(24)11(2)18(27-19)13-5-6-22(4)16(23)9-13/h5-9,12,21H,1-4H3,(H,25,26)/t12-/m1/s1. The highest BCUT2D eigenvalue weighted by Gasteiger charge is 2.19. The molecule has 3 aromatic rings. The van der Waals surface area contributed by atoms with E-state index in [2.05, 4.69) is 5.32 Å². The van der Waals surface area contributed by atoms with Crippen LogP contribution in [0.2, 0.25) is 0 Å². The van der Waals surface area contributed by atoms with Crippen LogP contribution in [0.1, 0.15) is 29.7 Å². The second-order valence-corrected chi connectivity index (χ2v) is 6.65. The molecule has 2 N–H and O–H groups in total. The molecule has 1 aromatic carbocycles. The number of nitrogens with zero attached hydrogens (tertiary/aromatic N) is 1. The fraction of sp³-hybridized carbons (Fsp3) is 0.250. The number of carboxylic acid groups (broad SMARTS) is 1. The number of hydrogen-bond donors (Lipinski definition) is 2. The van der Waals surface area contributed by atoms with Crippen molar-refractivity contribution < 1.29 is 14.3 Å². The first-order valence-electron chi connectivity index (χ1n) is 8.43. The fourth-order valence-electron chi connectivity index (χ4n) is 3.12. The molecular weight excluding hydrogens is 348 g/mol. The number of pyridine rings is 1. The lowest BCUT2D eigenvalue weighted by Crippen LogP contribution is -2.25. The molecule has 0 saturated heterocycles. The molecule has 140 valence electrons. The maximum Gasteiger partial charge on any atom is 0.405 e. The van der Waals surface area contributed by atoms with Gasteiger partial charge in [-0.25, -0.2) is 4.79 Å². The Balaban J connectivity index is 2.34. The van der Waals surface area contributed by atoms with Crippen molar-refractivity contribution in [3.8, 4) is 11.3 Å². The Bertz CT molecular complexity index is 1170. The Hall–Kier alpha value is -3.35. The van der Waals surface area contributed by atoms with Crippen molar-refractivity contribution in [2.24, 2.45) is 7.05 Å². The van der Waals surface area contributed by atoms with Gasteiger partial charge < -0.3 is 19.4 Å². The van der Waals surface area contributed by atoms with Crippen molar-refractivity contribution in [3.63, 3.8) is 0 Å². The molecule has 0 saturated carbocycles. The van der Waals surface area contributed by atoms with E-state index in [4.69, 9.17) is 9.52 Å². The van der Waals surface area contributed by atoms with Crippen LogP contribution in [-0.2, 0) is 7.05 Å². The molecule has 0 aliphatic carbocycles. The largest absolute Gasteiger partial charge is 0.465 e. The maximum atomic E-state index is 12.9. The van der Waals surface area contributed by atoms with E-state index in [1.54, 1.807) is 45.3 Å². The van der Waals surface area contributed by atoms with Gasteiger partial charge in [0.2, 0.25) is 0 Å². The monoisotopic (exact) mass is 368 g/mol. The number of benzene rings is 1. The van der Waals surface area contributed by atoms with E-state index in [0.29, 0.717) is 33.4 Å². The van der Waals surface area contributed by atoms with Crippen molar-refractivity contribution >= 4 is 17.1 Å². The molecule has 2 heterocycles. The molecule has 1 atom stereocenters. The first kappa shape index (κ1) is 18.4. The Morgan fingerprint density at radius 2 is 1.93 bits per heavy atom. The average Bonchev–Trinajstić information content (AvgIpc) is 2.59. The minimum Gasteiger partial charge on any atom is -0.465 e. The molecule has 0 spiro atoms. The van der Waals surface area contributed by atoms with E-state index in [1.807, 2.05) is 6.92 Å². The predicted molar refractivity (Wildman–Crippen MR) is 102 cm³/mol. The summed E-state index contributed by atoms with van der Waals surface area (Å²) in [5.74, 6) is 0.304. The van der Waals surface area contributed by atoms with Crippen molar-refractivity contribution in [3.05, 3.63) is 67.7 Å². The van der Waals surface area contributed by atoms with Crippen LogP contribution in [0.25, 0.3) is 22.3 Å². The van der Waals surface area contributed by atoms with Gasteiger partial charge in [0, 0.05) is 36.0 Å². The minimum atomic E-state index is -1.17. The second kappa shape index (κ2) is 6.75. The van der Waals surface area contributed by atoms with Crippen molar-refractivity contribution in [2.75, 3.05) is 0 Å². The highest BCUT2D eigenvalue weighted by atomic mass is 16.4. The third-order valence-corrected chi connectivity index (χ3v) is 4.56. The quantitative estimate of drug-likeness (QED) is 0.740. The van der Waals surface area contributed by atoms with Crippen LogP contribution in [0.15, 0.2) is 44.5 Å². The van der Waals surface area contributed by atoms with E-state index in [0.717, 1.165) is 5.56 Å². The average molecular weight is 368 g/mol. The molecular formula is C20H20N2O5. The summed E-state index contributed by atoms with van der Waals surface area (Å²) in [5, 5.41) is 11.8. The molecule has 2 aromatic heterocycles. The number of aryl methyl sites for hydroxylation is 2. The molecule has 0 bridgehead atoms. The van der Waals surface area contributed by atoms with Gasteiger partial charge >= 0.3 is 6.09 Å². The molecule has 7 heteroatoms. The zero-order valence-corrected chi connectivity index (χ0v) is 15.5. The summed E-state index contributed by atoms with van der Waals surface area (Å²) >= 11 is 0. The zero-order chi connectivity index (χ0) is 19.9. The molecule has 0 radical (unpaired) electrons. The summed E-state index contributed by atoms with van der Waals surface area (Å²) < 4.78 is 7.48. The normalized spacial score (nSPS) is 12.1. The number of aromatic nitrogens is 1. The summed E-state index contributed by atoms with van der Waals surface area (Å²) in [6.07, 6.45) is 0.435. The van der Waals surface area contributed by atoms with Gasteiger partial charge in [-0.3, -0.25) is 9.59 Å². The Labute approximate surface area is 154 Å². The van der Waals surface area contributed by atoms with Crippen LogP contribution in [-0.4, -0.2) is 15.8 Å². The lowest BCUT2D eigenvalue weighted by atomic mass is 9.99. The number of hydrogen-bond acceptors (Lipinski definition) is 4. The molecule has 0 aliphatic heterocycles. The van der Waals surface area contributed by atoms with E-state index in [9.17, 15) is 14.4 Å². The van der Waals surface area contributed by atoms with Crippen molar-refractivity contribution in [1.82, 2.24) is 9.88 Å². The van der Waals surface area contributed by atoms with E-state index in [-0.39, 0.29) is 11.0 Å². The summed E-state index contributed by atoms with van der Waals surface area (Å²) in [6, 6.07) is 6.04. The van der Waals surface area contributed by atoms with Gasteiger partial charge in [-0.1, -0.05) is 6.07 Å². The molecule has 0 aliphatic rings. The van der Waals surface area contributed by atoms with Gasteiger partial charge in [-0.05, 0) is 38.5 Å². The SMILES string of the molecule is Cc1cc([C@@H](C)NC(=O)O)c2oc(-c3ccn(C)c(=O)c3)c(C)c(=O)c2c1. The summed E-state index contributed by atoms with van der Waals surface area (Å²) in [5.41, 5.74) is 2.16. The number of fused-ring (bicyclic) bond motifs is 1.